The van der Waals surface area contributed by atoms with Crippen molar-refractivity contribution in [2.45, 2.75) is 10.1 Å². The maximum absolute atomic E-state index is 4.22. The lowest BCUT2D eigenvalue weighted by Gasteiger charge is -1.98. The third-order valence-corrected chi connectivity index (χ3v) is 4.25. The molecule has 0 aliphatic rings. The minimum Gasteiger partial charge on any atom is -0.238 e. The van der Waals surface area contributed by atoms with Gasteiger partial charge in [0.2, 0.25) is 0 Å². The molecule has 0 amide bonds. The van der Waals surface area contributed by atoms with Crippen molar-refractivity contribution in [3.8, 4) is 0 Å². The summed E-state index contributed by atoms with van der Waals surface area (Å²) in [6.07, 6.45) is 1.84. The van der Waals surface area contributed by atoms with E-state index in [9.17, 15) is 0 Å². The summed E-state index contributed by atoms with van der Waals surface area (Å²) < 4.78 is 2.26. The minimum atomic E-state index is 0.987. The lowest BCUT2D eigenvalue weighted by molar-refractivity contribution is 1.24. The smallest absolute Gasteiger partial charge is 0.150 e. The number of hydrogen-bond donors (Lipinski definition) is 0. The number of thiazole rings is 1. The number of benzene rings is 1. The molecule has 0 bridgehead atoms. The van der Waals surface area contributed by atoms with Crippen LogP contribution in [0.2, 0.25) is 0 Å². The molecule has 0 fully saturated rings. The van der Waals surface area contributed by atoms with E-state index in [1.807, 2.05) is 11.6 Å². The molecule has 72 valence electrons. The van der Waals surface area contributed by atoms with E-state index in [-0.39, 0.29) is 0 Å². The quantitative estimate of drug-likeness (QED) is 0.784. The van der Waals surface area contributed by atoms with Gasteiger partial charge in [0.05, 0.1) is 0 Å². The Morgan fingerprint density at radius 2 is 2.07 bits per heavy atom. The van der Waals surface area contributed by atoms with Crippen LogP contribution in [0.3, 0.4) is 0 Å². The summed E-state index contributed by atoms with van der Waals surface area (Å²) in [5, 5.41) is 2.00. The summed E-state index contributed by atoms with van der Waals surface area (Å²) in [6, 6.07) is 8.39. The lowest BCUT2D eigenvalue weighted by atomic mass is 10.2. The second-order valence-electron chi connectivity index (χ2n) is 2.71. The van der Waals surface area contributed by atoms with Crippen LogP contribution in [0.25, 0.3) is 0 Å². The molecule has 14 heavy (non-hydrogen) atoms. The third kappa shape index (κ3) is 2.83. The molecule has 0 saturated carbocycles. The van der Waals surface area contributed by atoms with E-state index >= 15 is 0 Å². The molecule has 1 heterocycles. The van der Waals surface area contributed by atoms with Gasteiger partial charge in [0.25, 0.3) is 0 Å². The van der Waals surface area contributed by atoms with Crippen molar-refractivity contribution < 1.29 is 0 Å². The Balaban J connectivity index is 1.95. The van der Waals surface area contributed by atoms with E-state index in [4.69, 9.17) is 0 Å². The Hall–Kier alpha value is -0.320. The standard InChI is InChI=1S/C10H8BrNS2/c11-9-3-1-8(2-4-9)7-14-10-12-5-6-13-10/h1-6H,7H2. The number of hydrogen-bond acceptors (Lipinski definition) is 3. The Morgan fingerprint density at radius 3 is 2.71 bits per heavy atom. The van der Waals surface area contributed by atoms with Crippen molar-refractivity contribution in [3.05, 3.63) is 45.9 Å². The molecular weight excluding hydrogens is 278 g/mol. The van der Waals surface area contributed by atoms with E-state index in [0.29, 0.717) is 0 Å². The van der Waals surface area contributed by atoms with Crippen LogP contribution in [0.4, 0.5) is 0 Å². The summed E-state index contributed by atoms with van der Waals surface area (Å²) in [4.78, 5) is 4.22. The first-order valence-electron chi connectivity index (χ1n) is 4.11. The second kappa shape index (κ2) is 4.96. The fourth-order valence-corrected chi connectivity index (χ4v) is 2.87. The van der Waals surface area contributed by atoms with Crippen molar-refractivity contribution >= 4 is 39.0 Å². The van der Waals surface area contributed by atoms with E-state index in [1.54, 1.807) is 23.1 Å². The molecule has 1 aromatic carbocycles. The highest BCUT2D eigenvalue weighted by Crippen LogP contribution is 2.24. The zero-order chi connectivity index (χ0) is 9.80. The number of halogens is 1. The molecule has 0 radical (unpaired) electrons. The topological polar surface area (TPSA) is 12.9 Å². The Labute approximate surface area is 99.7 Å². The number of thioether (sulfide) groups is 1. The Morgan fingerprint density at radius 1 is 1.29 bits per heavy atom. The summed E-state index contributed by atoms with van der Waals surface area (Å²) in [5.41, 5.74) is 1.33. The Kier molecular flexibility index (Phi) is 3.61. The van der Waals surface area contributed by atoms with Crippen molar-refractivity contribution in [2.75, 3.05) is 0 Å². The van der Waals surface area contributed by atoms with E-state index in [2.05, 4.69) is 45.2 Å². The van der Waals surface area contributed by atoms with Gasteiger partial charge in [-0.3, -0.25) is 0 Å². The zero-order valence-corrected chi connectivity index (χ0v) is 10.5. The predicted molar refractivity (Wildman–Crippen MR) is 65.8 cm³/mol. The van der Waals surface area contributed by atoms with E-state index in [1.165, 1.54) is 5.56 Å². The molecule has 2 aromatic rings. The average Bonchev–Trinajstić information content (AvgIpc) is 2.70. The van der Waals surface area contributed by atoms with Crippen molar-refractivity contribution in [1.82, 2.24) is 4.98 Å². The molecule has 0 spiro atoms. The maximum atomic E-state index is 4.22. The summed E-state index contributed by atoms with van der Waals surface area (Å²) >= 11 is 6.88. The van der Waals surface area contributed by atoms with Gasteiger partial charge in [-0.05, 0) is 17.7 Å². The normalized spacial score (nSPS) is 10.4. The van der Waals surface area contributed by atoms with Gasteiger partial charge in [0, 0.05) is 21.8 Å². The van der Waals surface area contributed by atoms with Gasteiger partial charge in [-0.25, -0.2) is 4.98 Å². The monoisotopic (exact) mass is 285 g/mol. The van der Waals surface area contributed by atoms with Gasteiger partial charge in [-0.2, -0.15) is 0 Å². The van der Waals surface area contributed by atoms with Crippen LogP contribution in [0, 0.1) is 0 Å². The first-order chi connectivity index (χ1) is 6.84. The summed E-state index contributed by atoms with van der Waals surface area (Å²) in [5.74, 6) is 0.987. The lowest BCUT2D eigenvalue weighted by Crippen LogP contribution is -1.78. The average molecular weight is 286 g/mol. The molecule has 0 atom stereocenters. The van der Waals surface area contributed by atoms with Gasteiger partial charge in [0.15, 0.2) is 0 Å². The van der Waals surface area contributed by atoms with Gasteiger partial charge in [-0.1, -0.05) is 39.8 Å². The number of aromatic nitrogens is 1. The predicted octanol–water partition coefficient (Wildman–Crippen LogP) is 4.20. The van der Waals surface area contributed by atoms with E-state index in [0.717, 1.165) is 14.6 Å². The second-order valence-corrected chi connectivity index (χ2v) is 5.75. The van der Waals surface area contributed by atoms with Crippen molar-refractivity contribution in [2.24, 2.45) is 0 Å². The van der Waals surface area contributed by atoms with Gasteiger partial charge in [0.1, 0.15) is 4.34 Å². The number of rotatable bonds is 3. The zero-order valence-electron chi connectivity index (χ0n) is 7.31. The first-order valence-corrected chi connectivity index (χ1v) is 6.77. The van der Waals surface area contributed by atoms with Crippen LogP contribution in [0.15, 0.2) is 44.7 Å². The molecule has 0 N–H and O–H groups in total. The van der Waals surface area contributed by atoms with Gasteiger partial charge in [-0.15, -0.1) is 11.3 Å². The summed E-state index contributed by atoms with van der Waals surface area (Å²) in [7, 11) is 0. The SMILES string of the molecule is Brc1ccc(CSc2nccs2)cc1. The largest absolute Gasteiger partial charge is 0.238 e. The highest BCUT2D eigenvalue weighted by Gasteiger charge is 1.97. The van der Waals surface area contributed by atoms with Crippen LogP contribution in [0.5, 0.6) is 0 Å². The van der Waals surface area contributed by atoms with E-state index < -0.39 is 0 Å². The fourth-order valence-electron chi connectivity index (χ4n) is 1.01. The van der Waals surface area contributed by atoms with Gasteiger partial charge < -0.3 is 0 Å². The maximum Gasteiger partial charge on any atom is 0.150 e. The molecule has 0 unspecified atom stereocenters. The molecule has 1 nitrogen and oxygen atoms in total. The van der Waals surface area contributed by atoms with Crippen molar-refractivity contribution in [3.63, 3.8) is 0 Å². The van der Waals surface area contributed by atoms with Crippen LogP contribution >= 0.6 is 39.0 Å². The molecule has 0 saturated heterocycles. The molecule has 0 aliphatic heterocycles. The minimum absolute atomic E-state index is 0.987. The first kappa shape index (κ1) is 10.2. The molecule has 2 rings (SSSR count). The molecule has 1 aromatic heterocycles. The highest BCUT2D eigenvalue weighted by molar-refractivity contribution is 9.10. The third-order valence-electron chi connectivity index (χ3n) is 1.69. The van der Waals surface area contributed by atoms with Crippen LogP contribution in [-0.2, 0) is 5.75 Å². The van der Waals surface area contributed by atoms with Crippen LogP contribution in [-0.4, -0.2) is 4.98 Å². The van der Waals surface area contributed by atoms with Gasteiger partial charge >= 0.3 is 0 Å². The fraction of sp³-hybridized carbons (Fsp3) is 0.100. The van der Waals surface area contributed by atoms with Crippen LogP contribution in [0.1, 0.15) is 5.56 Å². The molecule has 4 heteroatoms. The Bertz CT molecular complexity index is 383. The molecular formula is C10H8BrNS2. The van der Waals surface area contributed by atoms with Crippen LogP contribution < -0.4 is 0 Å². The highest BCUT2D eigenvalue weighted by atomic mass is 79.9. The van der Waals surface area contributed by atoms with Crippen molar-refractivity contribution in [1.29, 1.82) is 0 Å². The molecule has 0 aliphatic carbocycles. The number of nitrogens with zero attached hydrogens (tertiary/aromatic N) is 1. The summed E-state index contributed by atoms with van der Waals surface area (Å²) in [6.45, 7) is 0.